The van der Waals surface area contributed by atoms with Gasteiger partial charge in [-0.05, 0) is 42.7 Å². The lowest BCUT2D eigenvalue weighted by atomic mass is 9.78. The van der Waals surface area contributed by atoms with E-state index in [2.05, 4.69) is 16.7 Å². The van der Waals surface area contributed by atoms with Crippen LogP contribution < -0.4 is 16.0 Å². The molecule has 0 radical (unpaired) electrons. The molecule has 1 spiro atoms. The van der Waals surface area contributed by atoms with Crippen LogP contribution in [0, 0.1) is 28.6 Å². The topological polar surface area (TPSA) is 128 Å². The number of para-hydroxylation sites is 1. The highest BCUT2D eigenvalue weighted by atomic mass is 19.4. The number of anilines is 1. The maximum absolute atomic E-state index is 14.9. The van der Waals surface area contributed by atoms with E-state index in [9.17, 15) is 42.0 Å². The lowest BCUT2D eigenvalue weighted by Crippen LogP contribution is -2.59. The molecule has 0 aromatic heterocycles. The average Bonchev–Trinajstić information content (AvgIpc) is 3.33. The first-order chi connectivity index (χ1) is 18.0. The lowest BCUT2D eigenvalue weighted by molar-refractivity contribution is -0.175. The van der Waals surface area contributed by atoms with E-state index in [0.717, 1.165) is 0 Å². The number of ketones is 1. The summed E-state index contributed by atoms with van der Waals surface area (Å²) in [7, 11) is 0. The quantitative estimate of drug-likeness (QED) is 0.448. The molecule has 1 unspecified atom stereocenters. The van der Waals surface area contributed by atoms with Crippen LogP contribution in [-0.4, -0.2) is 47.4 Å². The minimum absolute atomic E-state index is 0.0356. The summed E-state index contributed by atoms with van der Waals surface area (Å²) in [6.45, 7) is 4.31. The van der Waals surface area contributed by atoms with E-state index in [0.29, 0.717) is 11.3 Å². The fraction of sp³-hybridized carbons (Fsp3) is 0.593. The Hall–Kier alpha value is -3.49. The first-order valence-corrected chi connectivity index (χ1v) is 12.7. The van der Waals surface area contributed by atoms with Gasteiger partial charge in [0, 0.05) is 18.0 Å². The summed E-state index contributed by atoms with van der Waals surface area (Å²) in [4.78, 5) is 51.7. The van der Waals surface area contributed by atoms with E-state index in [-0.39, 0.29) is 31.6 Å². The van der Waals surface area contributed by atoms with E-state index < -0.39 is 70.6 Å². The third kappa shape index (κ3) is 5.49. The molecule has 12 heteroatoms. The zero-order valence-corrected chi connectivity index (χ0v) is 21.7. The van der Waals surface area contributed by atoms with Gasteiger partial charge in [-0.25, -0.2) is 4.39 Å². The van der Waals surface area contributed by atoms with Gasteiger partial charge in [0.25, 0.3) is 0 Å². The maximum Gasteiger partial charge on any atom is 0.471 e. The molecule has 3 amide bonds. The Morgan fingerprint density at radius 3 is 2.33 bits per heavy atom. The summed E-state index contributed by atoms with van der Waals surface area (Å²) in [5.41, 5.74) is -2.85. The van der Waals surface area contributed by atoms with Gasteiger partial charge in [0.15, 0.2) is 5.78 Å². The van der Waals surface area contributed by atoms with Crippen molar-refractivity contribution in [3.63, 3.8) is 0 Å². The Labute approximate surface area is 222 Å². The van der Waals surface area contributed by atoms with Gasteiger partial charge in [-0.1, -0.05) is 39.0 Å². The van der Waals surface area contributed by atoms with Gasteiger partial charge in [-0.3, -0.25) is 19.2 Å². The van der Waals surface area contributed by atoms with Gasteiger partial charge in [0.05, 0.1) is 23.4 Å². The second kappa shape index (κ2) is 9.61. The van der Waals surface area contributed by atoms with E-state index in [1.54, 1.807) is 29.6 Å². The van der Waals surface area contributed by atoms with Gasteiger partial charge in [0.2, 0.25) is 11.8 Å². The fourth-order valence-electron chi connectivity index (χ4n) is 5.66. The molecule has 1 aliphatic heterocycles. The van der Waals surface area contributed by atoms with Crippen molar-refractivity contribution in [3.05, 3.63) is 29.8 Å². The normalized spacial score (nSPS) is 26.7. The zero-order valence-electron chi connectivity index (χ0n) is 21.7. The molecule has 1 heterocycles. The lowest BCUT2D eigenvalue weighted by Gasteiger charge is -2.33. The average molecular weight is 551 g/mol. The van der Waals surface area contributed by atoms with Gasteiger partial charge in [0.1, 0.15) is 11.7 Å². The van der Waals surface area contributed by atoms with Crippen LogP contribution in [-0.2, 0) is 24.6 Å². The predicted molar refractivity (Wildman–Crippen MR) is 131 cm³/mol. The smallest absolute Gasteiger partial charge is 0.344 e. The monoisotopic (exact) mass is 550 g/mol. The number of nitrogens with zero attached hydrogens (tertiary/aromatic N) is 1. The molecule has 2 fully saturated rings. The number of carbonyl (C=O) groups is 4. The molecule has 39 heavy (non-hydrogen) atoms. The van der Waals surface area contributed by atoms with Gasteiger partial charge in [-0.15, -0.1) is 0 Å². The van der Waals surface area contributed by atoms with E-state index in [1.807, 2.05) is 0 Å². The number of benzene rings is 1. The number of Topliss-reactive ketones (excluding diaryl/α,β-unsaturated/α-hetero) is 1. The third-order valence-corrected chi connectivity index (χ3v) is 7.96. The molecular formula is C27H30F4N4O4. The van der Waals surface area contributed by atoms with Crippen molar-refractivity contribution >= 4 is 29.2 Å². The Balaban J connectivity index is 1.61. The highest BCUT2D eigenvalue weighted by Gasteiger charge is 2.58. The molecule has 0 saturated heterocycles. The van der Waals surface area contributed by atoms with Crippen LogP contribution >= 0.6 is 0 Å². The summed E-state index contributed by atoms with van der Waals surface area (Å²) in [6, 6.07) is 5.86. The molecule has 3 N–H and O–H groups in total. The van der Waals surface area contributed by atoms with E-state index in [1.165, 1.54) is 20.8 Å². The van der Waals surface area contributed by atoms with Crippen LogP contribution in [0.2, 0.25) is 0 Å². The Bertz CT molecular complexity index is 1250. The largest absolute Gasteiger partial charge is 0.471 e. The van der Waals surface area contributed by atoms with Crippen molar-refractivity contribution in [2.75, 3.05) is 5.32 Å². The first kappa shape index (κ1) is 28.5. The van der Waals surface area contributed by atoms with Gasteiger partial charge < -0.3 is 16.0 Å². The molecule has 1 aromatic carbocycles. The summed E-state index contributed by atoms with van der Waals surface area (Å²) < 4.78 is 53.8. The molecule has 0 bridgehead atoms. The third-order valence-electron chi connectivity index (χ3n) is 7.96. The summed E-state index contributed by atoms with van der Waals surface area (Å²) in [6.07, 6.45) is -5.36. The van der Waals surface area contributed by atoms with Crippen molar-refractivity contribution in [3.8, 4) is 6.07 Å². The number of hydrogen-bond donors (Lipinski definition) is 3. The predicted octanol–water partition coefficient (Wildman–Crippen LogP) is 3.47. The molecule has 5 atom stereocenters. The number of fused-ring (bicyclic) bond motifs is 2. The van der Waals surface area contributed by atoms with Gasteiger partial charge in [-0.2, -0.15) is 18.4 Å². The Kier molecular flexibility index (Phi) is 7.02. The number of halogens is 4. The minimum Gasteiger partial charge on any atom is -0.344 e. The highest BCUT2D eigenvalue weighted by molar-refractivity contribution is 6.07. The van der Waals surface area contributed by atoms with Crippen LogP contribution in [0.4, 0.5) is 23.2 Å². The Morgan fingerprint density at radius 1 is 1.13 bits per heavy atom. The summed E-state index contributed by atoms with van der Waals surface area (Å²) >= 11 is 0. The second-order valence-electron chi connectivity index (χ2n) is 11.9. The molecule has 1 aromatic rings. The SMILES string of the molecule is CC(C)(C)[C@H](NC(=O)C(F)(F)F)C(=O)N[C@H](CC1(F)CC1)C(=O)C1C[C@]2(C[C@H]1C#N)C(=O)Nc1ccccc12. The molecule has 4 rings (SSSR count). The van der Waals surface area contributed by atoms with E-state index >= 15 is 0 Å². The zero-order chi connectivity index (χ0) is 29.0. The van der Waals surface area contributed by atoms with Crippen LogP contribution in [0.1, 0.15) is 58.4 Å². The molecule has 2 saturated carbocycles. The number of nitrogens with one attached hydrogen (secondary N) is 3. The molecule has 2 aliphatic carbocycles. The van der Waals surface area contributed by atoms with Crippen molar-refractivity contribution in [2.45, 2.75) is 82.2 Å². The number of carbonyl (C=O) groups excluding carboxylic acids is 4. The standard InChI is InChI=1S/C27H30F4N4O4/c1-24(2,3)20(35-23(39)27(29,30)31)21(37)33-18(12-25(28)8-9-25)19(36)15-11-26(10-14(15)13-32)16-6-4-5-7-17(16)34-22(26)38/h4-7,14-15,18,20H,8-12H2,1-3H3,(H,33,37)(H,34,38)(H,35,39)/t14-,15?,18+,20+,26-/m0/s1. The van der Waals surface area contributed by atoms with Crippen molar-refractivity contribution in [1.82, 2.24) is 10.6 Å². The molecule has 210 valence electrons. The number of hydrogen-bond acceptors (Lipinski definition) is 5. The molecule has 8 nitrogen and oxygen atoms in total. The van der Waals surface area contributed by atoms with Gasteiger partial charge >= 0.3 is 12.1 Å². The second-order valence-corrected chi connectivity index (χ2v) is 11.9. The van der Waals surface area contributed by atoms with Crippen LogP contribution in [0.3, 0.4) is 0 Å². The summed E-state index contributed by atoms with van der Waals surface area (Å²) in [5, 5.41) is 16.7. The summed E-state index contributed by atoms with van der Waals surface area (Å²) in [5.74, 6) is -6.36. The van der Waals surface area contributed by atoms with Crippen molar-refractivity contribution in [1.29, 1.82) is 5.26 Å². The van der Waals surface area contributed by atoms with E-state index in [4.69, 9.17) is 0 Å². The Morgan fingerprint density at radius 2 is 1.77 bits per heavy atom. The number of nitriles is 1. The number of rotatable bonds is 7. The van der Waals surface area contributed by atoms with Crippen molar-refractivity contribution < 1.29 is 36.7 Å². The van der Waals surface area contributed by atoms with Crippen LogP contribution in [0.25, 0.3) is 0 Å². The number of amides is 3. The molecule has 3 aliphatic rings. The first-order valence-electron chi connectivity index (χ1n) is 12.7. The maximum atomic E-state index is 14.9. The van der Waals surface area contributed by atoms with Crippen molar-refractivity contribution in [2.24, 2.45) is 17.3 Å². The fourth-order valence-corrected chi connectivity index (χ4v) is 5.66. The van der Waals surface area contributed by atoms with Crippen LogP contribution in [0.5, 0.6) is 0 Å². The minimum atomic E-state index is -5.24. The molecular weight excluding hydrogens is 520 g/mol. The number of alkyl halides is 4. The highest BCUT2D eigenvalue weighted by Crippen LogP contribution is 2.54. The van der Waals surface area contributed by atoms with Crippen LogP contribution in [0.15, 0.2) is 24.3 Å².